The second-order valence-corrected chi connectivity index (χ2v) is 9.67. The van der Waals surface area contributed by atoms with Gasteiger partial charge in [-0.05, 0) is 50.6 Å². The maximum absolute atomic E-state index is 5.77. The first-order valence-electron chi connectivity index (χ1n) is 5.36. The van der Waals surface area contributed by atoms with Gasteiger partial charge in [0, 0.05) is 0 Å². The third-order valence-corrected chi connectivity index (χ3v) is 2.67. The molecule has 0 saturated heterocycles. The van der Waals surface area contributed by atoms with Crippen molar-refractivity contribution < 1.29 is 4.43 Å². The van der Waals surface area contributed by atoms with Gasteiger partial charge in [0.2, 0.25) is 0 Å². The van der Waals surface area contributed by atoms with E-state index in [-0.39, 0.29) is 0 Å². The van der Waals surface area contributed by atoms with E-state index in [0.717, 1.165) is 13.0 Å². The molecule has 0 atom stereocenters. The zero-order valence-electron chi connectivity index (χ0n) is 10.5. The molecule has 14 heavy (non-hydrogen) atoms. The van der Waals surface area contributed by atoms with Crippen molar-refractivity contribution in [2.75, 3.05) is 6.61 Å². The number of hydrogen-bond acceptors (Lipinski definition) is 1. The minimum atomic E-state index is -1.36. The van der Waals surface area contributed by atoms with Gasteiger partial charge >= 0.3 is 0 Å². The Kier molecular flexibility index (Phi) is 6.10. The van der Waals surface area contributed by atoms with E-state index in [2.05, 4.69) is 52.2 Å². The molecule has 0 aliphatic carbocycles. The molecule has 0 radical (unpaired) electrons. The normalized spacial score (nSPS) is 11.4. The minimum absolute atomic E-state index is 0.716. The van der Waals surface area contributed by atoms with Gasteiger partial charge in [0.1, 0.15) is 0 Å². The summed E-state index contributed by atoms with van der Waals surface area (Å²) in [5, 5.41) is 0. The number of rotatable bonds is 5. The average Bonchev–Trinajstić information content (AvgIpc) is 1.99. The molecule has 0 unspecified atom stereocenters. The van der Waals surface area contributed by atoms with Crippen LogP contribution in [-0.2, 0) is 4.43 Å². The molecule has 0 aromatic rings. The maximum Gasteiger partial charge on any atom is 0.184 e. The van der Waals surface area contributed by atoms with Gasteiger partial charge in [0.05, 0.1) is 6.61 Å². The summed E-state index contributed by atoms with van der Waals surface area (Å²) in [4.78, 5) is 0. The summed E-state index contributed by atoms with van der Waals surface area (Å²) < 4.78 is 5.77. The van der Waals surface area contributed by atoms with Gasteiger partial charge in [0.25, 0.3) is 0 Å². The summed E-state index contributed by atoms with van der Waals surface area (Å²) in [6.45, 7) is 13.9. The lowest BCUT2D eigenvalue weighted by molar-refractivity contribution is 0.347. The van der Waals surface area contributed by atoms with Gasteiger partial charge in [-0.15, -0.1) is 5.73 Å². The Morgan fingerprint density at radius 2 is 1.93 bits per heavy atom. The van der Waals surface area contributed by atoms with Gasteiger partial charge in [-0.25, -0.2) is 0 Å². The first-order valence-corrected chi connectivity index (χ1v) is 8.76. The summed E-state index contributed by atoms with van der Waals surface area (Å²) in [5.74, 6) is 0.716. The molecule has 0 aliphatic rings. The fourth-order valence-electron chi connectivity index (χ4n) is 0.835. The Labute approximate surface area is 90.0 Å². The Balaban J connectivity index is 3.95. The Hall–Kier alpha value is -0.303. The smallest absolute Gasteiger partial charge is 0.184 e. The van der Waals surface area contributed by atoms with Crippen LogP contribution in [0.15, 0.2) is 17.4 Å². The minimum Gasteiger partial charge on any atom is -0.413 e. The molecule has 0 heterocycles. The molecule has 0 aromatic carbocycles. The van der Waals surface area contributed by atoms with E-state index in [4.69, 9.17) is 4.43 Å². The summed E-state index contributed by atoms with van der Waals surface area (Å²) in [5.41, 5.74) is 4.48. The van der Waals surface area contributed by atoms with E-state index in [1.807, 2.05) is 0 Å². The van der Waals surface area contributed by atoms with E-state index >= 15 is 0 Å². The summed E-state index contributed by atoms with van der Waals surface area (Å²) in [6, 6.07) is 0. The molecule has 2 heteroatoms. The molecular formula is C12H24OSi. The molecule has 0 rings (SSSR count). The molecule has 0 N–H and O–H groups in total. The van der Waals surface area contributed by atoms with Crippen molar-refractivity contribution >= 4 is 8.32 Å². The first-order chi connectivity index (χ1) is 6.31. The van der Waals surface area contributed by atoms with Crippen LogP contribution in [0.25, 0.3) is 0 Å². The van der Waals surface area contributed by atoms with Crippen LogP contribution in [0.4, 0.5) is 0 Å². The first kappa shape index (κ1) is 13.7. The number of hydrogen-bond donors (Lipinski definition) is 0. The highest BCUT2D eigenvalue weighted by Gasteiger charge is 2.13. The molecule has 82 valence electrons. The highest BCUT2D eigenvalue weighted by Crippen LogP contribution is 2.05. The van der Waals surface area contributed by atoms with Crippen molar-refractivity contribution in [2.45, 2.75) is 46.8 Å². The highest BCUT2D eigenvalue weighted by atomic mass is 28.4. The van der Waals surface area contributed by atoms with Crippen LogP contribution >= 0.6 is 0 Å². The third-order valence-electron chi connectivity index (χ3n) is 1.66. The molecule has 0 aromatic heterocycles. The van der Waals surface area contributed by atoms with Crippen molar-refractivity contribution in [3.8, 4) is 0 Å². The van der Waals surface area contributed by atoms with Crippen molar-refractivity contribution in [3.05, 3.63) is 17.4 Å². The van der Waals surface area contributed by atoms with Crippen LogP contribution < -0.4 is 0 Å². The van der Waals surface area contributed by atoms with Crippen LogP contribution in [0.2, 0.25) is 19.6 Å². The molecule has 0 fully saturated rings. The van der Waals surface area contributed by atoms with Crippen LogP contribution in [0.1, 0.15) is 27.2 Å². The van der Waals surface area contributed by atoms with E-state index < -0.39 is 8.32 Å². The maximum atomic E-state index is 5.77. The summed E-state index contributed by atoms with van der Waals surface area (Å²) in [7, 11) is -1.36. The van der Waals surface area contributed by atoms with E-state index in [1.54, 1.807) is 0 Å². The highest BCUT2D eigenvalue weighted by molar-refractivity contribution is 6.69. The molecule has 0 aliphatic heterocycles. The van der Waals surface area contributed by atoms with E-state index in [0.29, 0.717) is 5.92 Å². The molecule has 0 amide bonds. The topological polar surface area (TPSA) is 9.23 Å². The average molecular weight is 212 g/mol. The lowest BCUT2D eigenvalue weighted by Crippen LogP contribution is -2.25. The van der Waals surface area contributed by atoms with Gasteiger partial charge in [-0.3, -0.25) is 0 Å². The zero-order chi connectivity index (χ0) is 11.2. The second-order valence-electron chi connectivity index (χ2n) is 5.16. The fourth-order valence-corrected chi connectivity index (χ4v) is 1.48. The standard InChI is InChI=1S/C12H24OSi/c1-11(2)8-7-9-12(3)10-13-14(4,5)6/h7,11H,8,10H2,1-6H3. The monoisotopic (exact) mass is 212 g/mol. The van der Waals surface area contributed by atoms with E-state index in [9.17, 15) is 0 Å². The van der Waals surface area contributed by atoms with Gasteiger partial charge < -0.3 is 4.43 Å². The van der Waals surface area contributed by atoms with E-state index in [1.165, 1.54) is 5.57 Å². The van der Waals surface area contributed by atoms with Crippen LogP contribution in [0, 0.1) is 5.92 Å². The van der Waals surface area contributed by atoms with Crippen molar-refractivity contribution in [1.82, 2.24) is 0 Å². The van der Waals surface area contributed by atoms with Crippen molar-refractivity contribution in [1.29, 1.82) is 0 Å². The van der Waals surface area contributed by atoms with Gasteiger partial charge in [-0.1, -0.05) is 13.8 Å². The fraction of sp³-hybridized carbons (Fsp3) is 0.750. The summed E-state index contributed by atoms with van der Waals surface area (Å²) >= 11 is 0. The summed E-state index contributed by atoms with van der Waals surface area (Å²) in [6.07, 6.45) is 3.22. The predicted molar refractivity (Wildman–Crippen MR) is 66.0 cm³/mol. The van der Waals surface area contributed by atoms with Crippen LogP contribution in [-0.4, -0.2) is 14.9 Å². The van der Waals surface area contributed by atoms with Crippen molar-refractivity contribution in [3.63, 3.8) is 0 Å². The molecule has 0 saturated carbocycles. The molecule has 1 nitrogen and oxygen atoms in total. The lowest BCUT2D eigenvalue weighted by atomic mass is 10.1. The van der Waals surface area contributed by atoms with Gasteiger partial charge in [-0.2, -0.15) is 0 Å². The lowest BCUT2D eigenvalue weighted by Gasteiger charge is -2.16. The Bertz CT molecular complexity index is 217. The molecule has 0 bridgehead atoms. The third kappa shape index (κ3) is 9.78. The zero-order valence-corrected chi connectivity index (χ0v) is 11.5. The molecular weight excluding hydrogens is 188 g/mol. The van der Waals surface area contributed by atoms with Crippen LogP contribution in [0.3, 0.4) is 0 Å². The van der Waals surface area contributed by atoms with Crippen LogP contribution in [0.5, 0.6) is 0 Å². The van der Waals surface area contributed by atoms with Crippen molar-refractivity contribution in [2.24, 2.45) is 5.92 Å². The Morgan fingerprint density at radius 3 is 2.36 bits per heavy atom. The van der Waals surface area contributed by atoms with Gasteiger partial charge in [0.15, 0.2) is 8.32 Å². The second kappa shape index (κ2) is 6.23. The Morgan fingerprint density at radius 1 is 1.36 bits per heavy atom. The predicted octanol–water partition coefficient (Wildman–Crippen LogP) is 3.99. The SMILES string of the molecule is CC(=C=CCC(C)C)CO[Si](C)(C)C. The largest absolute Gasteiger partial charge is 0.413 e. The quantitative estimate of drug-likeness (QED) is 0.495. The molecule has 0 spiro atoms.